The molecule has 0 spiro atoms. The minimum absolute atomic E-state index is 0.0467. The molecule has 6 heteroatoms. The molecule has 1 atom stereocenters. The van der Waals surface area contributed by atoms with Gasteiger partial charge < -0.3 is 10.1 Å². The second kappa shape index (κ2) is 5.59. The molecule has 2 aromatic rings. The lowest BCUT2D eigenvalue weighted by Gasteiger charge is -2.12. The zero-order valence-corrected chi connectivity index (χ0v) is 10.9. The molecule has 0 aromatic carbocycles. The number of nitrogens with one attached hydrogen (secondary N) is 1. The number of hydrogen-bond donors (Lipinski definition) is 1. The van der Waals surface area contributed by atoms with Gasteiger partial charge in [-0.2, -0.15) is 0 Å². The van der Waals surface area contributed by atoms with E-state index in [1.54, 1.807) is 35.9 Å². The summed E-state index contributed by atoms with van der Waals surface area (Å²) in [7, 11) is 1.36. The maximum absolute atomic E-state index is 11.4. The monoisotopic (exact) mass is 263 g/mol. The van der Waals surface area contributed by atoms with Crippen molar-refractivity contribution in [2.24, 2.45) is 0 Å². The number of methoxy groups -OCH3 is 1. The van der Waals surface area contributed by atoms with E-state index in [2.05, 4.69) is 20.0 Å². The predicted molar refractivity (Wildman–Crippen MR) is 69.7 cm³/mol. The van der Waals surface area contributed by atoms with Crippen LogP contribution in [0, 0.1) is 0 Å². The highest BCUT2D eigenvalue weighted by molar-refractivity contribution is 7.09. The number of thiazole rings is 1. The van der Waals surface area contributed by atoms with Crippen LogP contribution >= 0.6 is 11.3 Å². The topological polar surface area (TPSA) is 64.1 Å². The van der Waals surface area contributed by atoms with E-state index in [-0.39, 0.29) is 12.0 Å². The summed E-state index contributed by atoms with van der Waals surface area (Å²) in [5.74, 6) is 0.253. The Balaban J connectivity index is 2.12. The van der Waals surface area contributed by atoms with Crippen molar-refractivity contribution in [3.05, 3.63) is 40.5 Å². The van der Waals surface area contributed by atoms with Crippen LogP contribution in [0.15, 0.2) is 29.9 Å². The van der Waals surface area contributed by atoms with Crippen LogP contribution in [0.3, 0.4) is 0 Å². The zero-order chi connectivity index (χ0) is 13.0. The van der Waals surface area contributed by atoms with Gasteiger partial charge in [0.05, 0.1) is 18.7 Å². The van der Waals surface area contributed by atoms with Crippen molar-refractivity contribution in [3.63, 3.8) is 0 Å². The van der Waals surface area contributed by atoms with Gasteiger partial charge in [-0.3, -0.25) is 0 Å². The molecule has 0 fully saturated rings. The highest BCUT2D eigenvalue weighted by atomic mass is 32.1. The van der Waals surface area contributed by atoms with Crippen molar-refractivity contribution in [1.82, 2.24) is 9.97 Å². The van der Waals surface area contributed by atoms with Crippen molar-refractivity contribution in [1.29, 1.82) is 0 Å². The molecule has 2 rings (SSSR count). The number of esters is 1. The number of carbonyl (C=O) groups is 1. The largest absolute Gasteiger partial charge is 0.465 e. The lowest BCUT2D eigenvalue weighted by atomic mass is 10.2. The Morgan fingerprint density at radius 2 is 2.28 bits per heavy atom. The molecule has 5 nitrogen and oxygen atoms in total. The second-order valence-corrected chi connectivity index (χ2v) is 4.58. The Morgan fingerprint density at radius 3 is 2.94 bits per heavy atom. The zero-order valence-electron chi connectivity index (χ0n) is 10.1. The van der Waals surface area contributed by atoms with Crippen LogP contribution in [0.25, 0.3) is 0 Å². The van der Waals surface area contributed by atoms with Gasteiger partial charge in [-0.05, 0) is 19.1 Å². The summed E-state index contributed by atoms with van der Waals surface area (Å²) >= 11 is 1.57. The van der Waals surface area contributed by atoms with E-state index < -0.39 is 0 Å². The van der Waals surface area contributed by atoms with Crippen molar-refractivity contribution < 1.29 is 9.53 Å². The molecular formula is C12H13N3O2S. The number of nitrogens with zero attached hydrogens (tertiary/aromatic N) is 2. The van der Waals surface area contributed by atoms with E-state index >= 15 is 0 Å². The summed E-state index contributed by atoms with van der Waals surface area (Å²) in [6.07, 6.45) is 3.33. The summed E-state index contributed by atoms with van der Waals surface area (Å²) in [5.41, 5.74) is 0.473. The number of ether oxygens (including phenoxy) is 1. The number of rotatable bonds is 4. The lowest BCUT2D eigenvalue weighted by molar-refractivity contribution is 0.0600. The van der Waals surface area contributed by atoms with Crippen LogP contribution < -0.4 is 5.32 Å². The van der Waals surface area contributed by atoms with Gasteiger partial charge in [0.1, 0.15) is 10.8 Å². The number of anilines is 1. The van der Waals surface area contributed by atoms with E-state index in [0.29, 0.717) is 11.4 Å². The summed E-state index contributed by atoms with van der Waals surface area (Å²) < 4.78 is 4.66. The molecule has 1 unspecified atom stereocenters. The number of hydrogen-bond acceptors (Lipinski definition) is 6. The van der Waals surface area contributed by atoms with E-state index in [4.69, 9.17) is 0 Å². The fourth-order valence-corrected chi connectivity index (χ4v) is 2.13. The predicted octanol–water partition coefficient (Wildman–Crippen LogP) is 2.50. The molecule has 1 N–H and O–H groups in total. The van der Waals surface area contributed by atoms with Gasteiger partial charge in [0, 0.05) is 17.8 Å². The fourth-order valence-electron chi connectivity index (χ4n) is 1.49. The number of carbonyl (C=O) groups excluding carboxylic acids is 1. The van der Waals surface area contributed by atoms with Crippen molar-refractivity contribution >= 4 is 23.1 Å². The normalized spacial score (nSPS) is 11.9. The summed E-state index contributed by atoms with van der Waals surface area (Å²) in [6, 6.07) is 3.33. The molecular weight excluding hydrogens is 250 g/mol. The molecule has 2 aromatic heterocycles. The first kappa shape index (κ1) is 12.5. The van der Waals surface area contributed by atoms with Crippen molar-refractivity contribution in [3.8, 4) is 0 Å². The first-order valence-corrected chi connectivity index (χ1v) is 6.29. The van der Waals surface area contributed by atoms with E-state index in [1.165, 1.54) is 7.11 Å². The highest BCUT2D eigenvalue weighted by Gasteiger charge is 2.10. The van der Waals surface area contributed by atoms with Gasteiger partial charge in [0.25, 0.3) is 0 Å². The van der Waals surface area contributed by atoms with Crippen molar-refractivity contribution in [2.75, 3.05) is 12.4 Å². The number of aromatic nitrogens is 2. The van der Waals surface area contributed by atoms with Crippen molar-refractivity contribution in [2.45, 2.75) is 13.0 Å². The molecule has 0 amide bonds. The van der Waals surface area contributed by atoms with Gasteiger partial charge in [-0.15, -0.1) is 11.3 Å². The van der Waals surface area contributed by atoms with Crippen LogP contribution in [-0.2, 0) is 4.74 Å². The Hall–Kier alpha value is -1.95. The third-order valence-corrected chi connectivity index (χ3v) is 3.33. The van der Waals surface area contributed by atoms with Crippen LogP contribution in [0.4, 0.5) is 5.82 Å². The summed E-state index contributed by atoms with van der Waals surface area (Å²) in [5, 5.41) is 6.09. The molecule has 2 heterocycles. The minimum atomic E-state index is -0.373. The van der Waals surface area contributed by atoms with Crippen LogP contribution in [0.2, 0.25) is 0 Å². The van der Waals surface area contributed by atoms with Crippen LogP contribution in [0.5, 0.6) is 0 Å². The standard InChI is InChI=1S/C12H13N3O2S/c1-8(11-14-5-6-18-11)15-10-7-9(3-4-13-10)12(16)17-2/h3-8H,1-2H3,(H,13,15). The average Bonchev–Trinajstić information content (AvgIpc) is 2.92. The van der Waals surface area contributed by atoms with E-state index in [0.717, 1.165) is 5.01 Å². The number of pyridine rings is 1. The molecule has 18 heavy (non-hydrogen) atoms. The quantitative estimate of drug-likeness (QED) is 0.859. The van der Waals surface area contributed by atoms with Gasteiger partial charge in [0.15, 0.2) is 0 Å². The van der Waals surface area contributed by atoms with E-state index in [1.807, 2.05) is 12.3 Å². The summed E-state index contributed by atoms with van der Waals surface area (Å²) in [6.45, 7) is 1.99. The van der Waals surface area contributed by atoms with Gasteiger partial charge in [0.2, 0.25) is 0 Å². The maximum Gasteiger partial charge on any atom is 0.338 e. The third kappa shape index (κ3) is 2.84. The second-order valence-electron chi connectivity index (χ2n) is 3.66. The molecule has 0 radical (unpaired) electrons. The SMILES string of the molecule is COC(=O)c1ccnc(NC(C)c2nccs2)c1. The average molecular weight is 263 g/mol. The first-order chi connectivity index (χ1) is 8.70. The molecule has 0 saturated carbocycles. The summed E-state index contributed by atoms with van der Waals surface area (Å²) in [4.78, 5) is 19.8. The third-order valence-electron chi connectivity index (χ3n) is 2.37. The fraction of sp³-hybridized carbons (Fsp3) is 0.250. The van der Waals surface area contributed by atoms with Gasteiger partial charge >= 0.3 is 5.97 Å². The molecule has 0 aliphatic heterocycles. The Bertz CT molecular complexity index is 528. The van der Waals surface area contributed by atoms with Gasteiger partial charge in [-0.1, -0.05) is 0 Å². The Morgan fingerprint density at radius 1 is 1.44 bits per heavy atom. The van der Waals surface area contributed by atoms with E-state index in [9.17, 15) is 4.79 Å². The first-order valence-electron chi connectivity index (χ1n) is 5.41. The maximum atomic E-state index is 11.4. The molecule has 0 aliphatic rings. The van der Waals surface area contributed by atoms with Crippen LogP contribution in [-0.4, -0.2) is 23.0 Å². The molecule has 0 aliphatic carbocycles. The molecule has 94 valence electrons. The minimum Gasteiger partial charge on any atom is -0.465 e. The molecule has 0 saturated heterocycles. The van der Waals surface area contributed by atoms with Crippen LogP contribution in [0.1, 0.15) is 28.3 Å². The lowest BCUT2D eigenvalue weighted by Crippen LogP contribution is -2.09. The highest BCUT2D eigenvalue weighted by Crippen LogP contribution is 2.20. The molecule has 0 bridgehead atoms. The van der Waals surface area contributed by atoms with Gasteiger partial charge in [-0.25, -0.2) is 14.8 Å². The Labute approximate surface area is 109 Å². The smallest absolute Gasteiger partial charge is 0.338 e. The Kier molecular flexibility index (Phi) is 3.88.